The van der Waals surface area contributed by atoms with Gasteiger partial charge in [0.1, 0.15) is 5.82 Å². The summed E-state index contributed by atoms with van der Waals surface area (Å²) in [6.07, 6.45) is 0. The fourth-order valence-electron chi connectivity index (χ4n) is 4.70. The second kappa shape index (κ2) is 9.75. The fraction of sp³-hybridized carbons (Fsp3) is 0.357. The molecular formula is C28H35N5. The highest BCUT2D eigenvalue weighted by molar-refractivity contribution is 5.93. The van der Waals surface area contributed by atoms with Gasteiger partial charge in [-0.1, -0.05) is 26.0 Å². The molecule has 0 saturated carbocycles. The van der Waals surface area contributed by atoms with Crippen molar-refractivity contribution in [3.05, 3.63) is 65.1 Å². The van der Waals surface area contributed by atoms with Crippen LogP contribution in [0.2, 0.25) is 0 Å². The lowest BCUT2D eigenvalue weighted by atomic mass is 10.0. The van der Waals surface area contributed by atoms with Gasteiger partial charge >= 0.3 is 0 Å². The molecule has 3 aromatic heterocycles. The molecule has 0 amide bonds. The van der Waals surface area contributed by atoms with E-state index in [0.29, 0.717) is 0 Å². The molecule has 5 nitrogen and oxygen atoms in total. The van der Waals surface area contributed by atoms with E-state index in [1.165, 1.54) is 33.3 Å². The van der Waals surface area contributed by atoms with Crippen molar-refractivity contribution in [2.45, 2.75) is 41.5 Å². The molecule has 0 radical (unpaired) electrons. The highest BCUT2D eigenvalue weighted by atomic mass is 15.2. The number of pyridine rings is 2. The molecule has 1 aliphatic rings. The molecular weight excluding hydrogens is 406 g/mol. The van der Waals surface area contributed by atoms with Crippen LogP contribution in [0.25, 0.3) is 33.3 Å². The average molecular weight is 442 g/mol. The van der Waals surface area contributed by atoms with E-state index in [-0.39, 0.29) is 0 Å². The first-order valence-electron chi connectivity index (χ1n) is 12.0. The SMILES string of the molecule is CC.Cc1cc(-c2[nH]c3cc(-c4ccc(N5CCNCC5)nc4C)ccc3c2C)cc(C)n1. The number of hydrogen-bond acceptors (Lipinski definition) is 4. The van der Waals surface area contributed by atoms with Crippen molar-refractivity contribution >= 4 is 16.7 Å². The van der Waals surface area contributed by atoms with Crippen LogP contribution in [-0.2, 0) is 0 Å². The van der Waals surface area contributed by atoms with Gasteiger partial charge in [-0.25, -0.2) is 4.98 Å². The largest absolute Gasteiger partial charge is 0.354 e. The Morgan fingerprint density at radius 3 is 2.15 bits per heavy atom. The van der Waals surface area contributed by atoms with Crippen LogP contribution in [0.15, 0.2) is 42.5 Å². The van der Waals surface area contributed by atoms with Crippen LogP contribution in [0.4, 0.5) is 5.82 Å². The molecule has 5 heteroatoms. The van der Waals surface area contributed by atoms with E-state index in [9.17, 15) is 0 Å². The van der Waals surface area contributed by atoms with E-state index < -0.39 is 0 Å². The first-order valence-corrected chi connectivity index (χ1v) is 12.0. The Morgan fingerprint density at radius 2 is 1.48 bits per heavy atom. The lowest BCUT2D eigenvalue weighted by Crippen LogP contribution is -2.43. The summed E-state index contributed by atoms with van der Waals surface area (Å²) < 4.78 is 0. The molecule has 0 aliphatic carbocycles. The summed E-state index contributed by atoms with van der Waals surface area (Å²) >= 11 is 0. The zero-order chi connectivity index (χ0) is 23.5. The van der Waals surface area contributed by atoms with Crippen LogP contribution in [0.1, 0.15) is 36.5 Å². The number of anilines is 1. The van der Waals surface area contributed by atoms with Crippen molar-refractivity contribution in [3.8, 4) is 22.4 Å². The van der Waals surface area contributed by atoms with E-state index in [2.05, 4.69) is 76.5 Å². The van der Waals surface area contributed by atoms with Gasteiger partial charge in [-0.2, -0.15) is 0 Å². The minimum Gasteiger partial charge on any atom is -0.354 e. The zero-order valence-electron chi connectivity index (χ0n) is 20.7. The molecule has 4 heterocycles. The average Bonchev–Trinajstić information content (AvgIpc) is 3.16. The maximum atomic E-state index is 4.92. The normalized spacial score (nSPS) is 13.7. The summed E-state index contributed by atoms with van der Waals surface area (Å²) in [5, 5.41) is 4.66. The minimum absolute atomic E-state index is 1.01. The van der Waals surface area contributed by atoms with E-state index in [0.717, 1.165) is 54.6 Å². The van der Waals surface area contributed by atoms with Gasteiger partial charge in [0.2, 0.25) is 0 Å². The number of nitrogens with zero attached hydrogens (tertiary/aromatic N) is 3. The number of H-pyrrole nitrogens is 1. The number of nitrogens with one attached hydrogen (secondary N) is 2. The summed E-state index contributed by atoms with van der Waals surface area (Å²) in [6.45, 7) is 16.5. The van der Waals surface area contributed by atoms with Gasteiger partial charge in [-0.05, 0) is 69.2 Å². The van der Waals surface area contributed by atoms with Crippen molar-refractivity contribution < 1.29 is 0 Å². The first-order chi connectivity index (χ1) is 16.0. The van der Waals surface area contributed by atoms with E-state index >= 15 is 0 Å². The number of aryl methyl sites for hydroxylation is 4. The number of aromatic amines is 1. The fourth-order valence-corrected chi connectivity index (χ4v) is 4.70. The third-order valence-electron chi connectivity index (χ3n) is 6.25. The Kier molecular flexibility index (Phi) is 6.80. The Hall–Kier alpha value is -3.18. The molecule has 1 saturated heterocycles. The molecule has 0 bridgehead atoms. The Bertz CT molecular complexity index is 1240. The molecule has 0 atom stereocenters. The number of aromatic nitrogens is 3. The highest BCUT2D eigenvalue weighted by Gasteiger charge is 2.15. The molecule has 1 aliphatic heterocycles. The third-order valence-corrected chi connectivity index (χ3v) is 6.25. The topological polar surface area (TPSA) is 56.8 Å². The van der Waals surface area contributed by atoms with Crippen LogP contribution in [0, 0.1) is 27.7 Å². The van der Waals surface area contributed by atoms with Gasteiger partial charge in [-0.3, -0.25) is 4.98 Å². The lowest BCUT2D eigenvalue weighted by Gasteiger charge is -2.28. The summed E-state index contributed by atoms with van der Waals surface area (Å²) in [6, 6.07) is 15.4. The molecule has 0 unspecified atom stereocenters. The van der Waals surface area contributed by atoms with Gasteiger partial charge in [0.05, 0.1) is 0 Å². The van der Waals surface area contributed by atoms with E-state index in [1.807, 2.05) is 27.7 Å². The monoisotopic (exact) mass is 441 g/mol. The summed E-state index contributed by atoms with van der Waals surface area (Å²) in [7, 11) is 0. The zero-order valence-corrected chi connectivity index (χ0v) is 20.7. The number of piperazine rings is 1. The minimum atomic E-state index is 1.01. The Balaban J connectivity index is 0.00000126. The van der Waals surface area contributed by atoms with Gasteiger partial charge in [0.15, 0.2) is 0 Å². The smallest absolute Gasteiger partial charge is 0.128 e. The van der Waals surface area contributed by atoms with Crippen molar-refractivity contribution in [2.75, 3.05) is 31.1 Å². The van der Waals surface area contributed by atoms with Crippen molar-refractivity contribution in [1.29, 1.82) is 0 Å². The molecule has 4 aromatic rings. The van der Waals surface area contributed by atoms with Gasteiger partial charge in [-0.15, -0.1) is 0 Å². The standard InChI is InChI=1S/C26H29N5.C2H6/c1-16-13-21(14-17(2)28-16)26-18(3)22-6-5-20(15-24(22)30-26)23-7-8-25(29-19(23)4)31-11-9-27-10-12-31;1-2/h5-8,13-15,27,30H,9-12H2,1-4H3;1-2H3. The van der Waals surface area contributed by atoms with Crippen molar-refractivity contribution in [1.82, 2.24) is 20.3 Å². The molecule has 5 rings (SSSR count). The quantitative estimate of drug-likeness (QED) is 0.412. The van der Waals surface area contributed by atoms with Crippen LogP contribution in [-0.4, -0.2) is 41.1 Å². The summed E-state index contributed by atoms with van der Waals surface area (Å²) in [4.78, 5) is 15.5. The molecule has 172 valence electrons. The second-order valence-corrected chi connectivity index (χ2v) is 8.56. The van der Waals surface area contributed by atoms with Crippen molar-refractivity contribution in [3.63, 3.8) is 0 Å². The lowest BCUT2D eigenvalue weighted by molar-refractivity contribution is 0.584. The predicted molar refractivity (Wildman–Crippen MR) is 140 cm³/mol. The van der Waals surface area contributed by atoms with Crippen LogP contribution < -0.4 is 10.2 Å². The maximum Gasteiger partial charge on any atom is 0.128 e. The molecule has 2 N–H and O–H groups in total. The number of benzene rings is 1. The van der Waals surface area contributed by atoms with Crippen LogP contribution in [0.3, 0.4) is 0 Å². The summed E-state index contributed by atoms with van der Waals surface area (Å²) in [5.74, 6) is 1.07. The third kappa shape index (κ3) is 4.64. The number of rotatable bonds is 3. The van der Waals surface area contributed by atoms with Gasteiger partial charge in [0, 0.05) is 71.0 Å². The van der Waals surface area contributed by atoms with E-state index in [4.69, 9.17) is 4.98 Å². The second-order valence-electron chi connectivity index (χ2n) is 8.56. The van der Waals surface area contributed by atoms with Gasteiger partial charge < -0.3 is 15.2 Å². The Labute approximate surface area is 197 Å². The summed E-state index contributed by atoms with van der Waals surface area (Å²) in [5.41, 5.74) is 10.3. The van der Waals surface area contributed by atoms with Crippen LogP contribution >= 0.6 is 0 Å². The van der Waals surface area contributed by atoms with Crippen LogP contribution in [0.5, 0.6) is 0 Å². The first kappa shape index (κ1) is 23.0. The Morgan fingerprint density at radius 1 is 0.788 bits per heavy atom. The molecule has 1 aromatic carbocycles. The maximum absolute atomic E-state index is 4.92. The van der Waals surface area contributed by atoms with Crippen molar-refractivity contribution in [2.24, 2.45) is 0 Å². The molecule has 1 fully saturated rings. The predicted octanol–water partition coefficient (Wildman–Crippen LogP) is 5.96. The number of fused-ring (bicyclic) bond motifs is 1. The highest BCUT2D eigenvalue weighted by Crippen LogP contribution is 2.34. The molecule has 33 heavy (non-hydrogen) atoms. The molecule has 0 spiro atoms. The van der Waals surface area contributed by atoms with Gasteiger partial charge in [0.25, 0.3) is 0 Å². The van der Waals surface area contributed by atoms with E-state index in [1.54, 1.807) is 0 Å². The number of hydrogen-bond donors (Lipinski definition) is 2.